The molecule has 0 radical (unpaired) electrons. The molecule has 0 rings (SSSR count). The Morgan fingerprint density at radius 3 is 1.73 bits per heavy atom. The average Bonchev–Trinajstić information content (AvgIpc) is 1.85. The van der Waals surface area contributed by atoms with Crippen molar-refractivity contribution >= 4 is 0 Å². The molecule has 0 saturated carbocycles. The minimum Gasteiger partial charge on any atom is -0.350 e. The second kappa shape index (κ2) is 4.66. The Morgan fingerprint density at radius 1 is 1.18 bits per heavy atom. The molecule has 11 heavy (non-hydrogen) atoms. The van der Waals surface area contributed by atoms with Gasteiger partial charge < -0.3 is 20.9 Å². The molecule has 0 aromatic rings. The molecule has 4 heteroatoms. The first kappa shape index (κ1) is 10.8. The van der Waals surface area contributed by atoms with Crippen molar-refractivity contribution in [2.24, 2.45) is 11.5 Å². The van der Waals surface area contributed by atoms with E-state index in [2.05, 4.69) is 0 Å². The van der Waals surface area contributed by atoms with Gasteiger partial charge in [-0.1, -0.05) is 0 Å². The summed E-state index contributed by atoms with van der Waals surface area (Å²) in [7, 11) is 0. The Balaban J connectivity index is 3.88. The van der Waals surface area contributed by atoms with Crippen molar-refractivity contribution in [1.29, 1.82) is 0 Å². The van der Waals surface area contributed by atoms with Gasteiger partial charge in [-0.2, -0.15) is 0 Å². The molecule has 0 saturated heterocycles. The van der Waals surface area contributed by atoms with Crippen molar-refractivity contribution in [3.8, 4) is 0 Å². The minimum atomic E-state index is -0.925. The van der Waals surface area contributed by atoms with E-state index in [0.29, 0.717) is 13.2 Å². The molecular weight excluding hydrogens is 144 g/mol. The van der Waals surface area contributed by atoms with Crippen LogP contribution in [0.5, 0.6) is 0 Å². The average molecular weight is 162 g/mol. The summed E-state index contributed by atoms with van der Waals surface area (Å²) in [6.45, 7) is 6.52. The first-order valence-corrected chi connectivity index (χ1v) is 3.83. The Morgan fingerprint density at radius 2 is 1.55 bits per heavy atom. The normalized spacial score (nSPS) is 12.5. The maximum Gasteiger partial charge on any atom is 0.188 e. The first-order chi connectivity index (χ1) is 5.02. The molecule has 0 aromatic heterocycles. The van der Waals surface area contributed by atoms with Crippen LogP contribution < -0.4 is 11.5 Å². The second-order valence-corrected chi connectivity index (χ2v) is 2.61. The quantitative estimate of drug-likeness (QED) is 0.559. The van der Waals surface area contributed by atoms with E-state index in [0.717, 1.165) is 0 Å². The number of rotatable bonds is 5. The Labute approximate surface area is 67.8 Å². The maximum atomic E-state index is 5.58. The van der Waals surface area contributed by atoms with Crippen LogP contribution in [0.1, 0.15) is 20.8 Å². The Kier molecular flexibility index (Phi) is 4.60. The summed E-state index contributed by atoms with van der Waals surface area (Å²) in [5, 5.41) is 0. The van der Waals surface area contributed by atoms with E-state index in [9.17, 15) is 0 Å². The molecule has 0 fully saturated rings. The molecule has 0 heterocycles. The molecule has 0 aliphatic rings. The van der Waals surface area contributed by atoms with Crippen LogP contribution in [0, 0.1) is 0 Å². The largest absolute Gasteiger partial charge is 0.350 e. The lowest BCUT2D eigenvalue weighted by atomic mass is 10.2. The lowest BCUT2D eigenvalue weighted by Crippen LogP contribution is -2.58. The van der Waals surface area contributed by atoms with E-state index >= 15 is 0 Å². The monoisotopic (exact) mass is 162 g/mol. The molecule has 0 aliphatic heterocycles. The molecule has 0 amide bonds. The third kappa shape index (κ3) is 4.31. The highest BCUT2D eigenvalue weighted by Crippen LogP contribution is 2.05. The molecule has 4 nitrogen and oxygen atoms in total. The Bertz CT molecular complexity index is 95.1. The fourth-order valence-corrected chi connectivity index (χ4v) is 0.710. The van der Waals surface area contributed by atoms with Crippen LogP contribution in [-0.2, 0) is 9.47 Å². The van der Waals surface area contributed by atoms with Gasteiger partial charge in [-0.3, -0.25) is 0 Å². The number of nitrogens with two attached hydrogens (primary N) is 2. The highest BCUT2D eigenvalue weighted by molar-refractivity contribution is 4.74. The first-order valence-electron chi connectivity index (χ1n) is 3.83. The zero-order chi connectivity index (χ0) is 8.91. The van der Waals surface area contributed by atoms with Gasteiger partial charge in [-0.15, -0.1) is 0 Å². The fraction of sp³-hybridized carbons (Fsp3) is 1.00. The lowest BCUT2D eigenvalue weighted by Gasteiger charge is -2.29. The highest BCUT2D eigenvalue weighted by atomic mass is 16.7. The third-order valence-corrected chi connectivity index (χ3v) is 1.14. The second-order valence-electron chi connectivity index (χ2n) is 2.61. The summed E-state index contributed by atoms with van der Waals surface area (Å²) < 4.78 is 10.3. The highest BCUT2D eigenvalue weighted by Gasteiger charge is 2.26. The van der Waals surface area contributed by atoms with Gasteiger partial charge in [0.15, 0.2) is 6.29 Å². The van der Waals surface area contributed by atoms with Crippen LogP contribution >= 0.6 is 0 Å². The summed E-state index contributed by atoms with van der Waals surface area (Å²) in [5.41, 5.74) is 10.2. The number of ether oxygens (including phenoxy) is 2. The SMILES string of the molecule is CCOC(OCC)C(C)(N)N. The topological polar surface area (TPSA) is 70.5 Å². The molecule has 68 valence electrons. The van der Waals surface area contributed by atoms with Crippen molar-refractivity contribution in [2.75, 3.05) is 13.2 Å². The molecule has 0 aromatic carbocycles. The van der Waals surface area contributed by atoms with Gasteiger partial charge in [0.05, 0.1) is 0 Å². The minimum absolute atomic E-state index is 0.516. The van der Waals surface area contributed by atoms with Crippen molar-refractivity contribution in [3.05, 3.63) is 0 Å². The molecule has 0 aliphatic carbocycles. The van der Waals surface area contributed by atoms with Crippen LogP contribution in [0.25, 0.3) is 0 Å². The maximum absolute atomic E-state index is 5.58. The van der Waals surface area contributed by atoms with Crippen LogP contribution in [0.15, 0.2) is 0 Å². The summed E-state index contributed by atoms with van der Waals surface area (Å²) in [6.07, 6.45) is -0.516. The van der Waals surface area contributed by atoms with E-state index in [1.165, 1.54) is 0 Å². The van der Waals surface area contributed by atoms with Crippen LogP contribution in [-0.4, -0.2) is 25.2 Å². The third-order valence-electron chi connectivity index (χ3n) is 1.14. The zero-order valence-corrected chi connectivity index (χ0v) is 7.46. The number of hydrogen-bond donors (Lipinski definition) is 2. The predicted molar refractivity (Wildman–Crippen MR) is 43.8 cm³/mol. The molecule has 4 N–H and O–H groups in total. The van der Waals surface area contributed by atoms with Gasteiger partial charge in [-0.25, -0.2) is 0 Å². The summed E-state index contributed by atoms with van der Waals surface area (Å²) in [6, 6.07) is 0. The molecule has 0 unspecified atom stereocenters. The van der Waals surface area contributed by atoms with Gasteiger partial charge in [0.2, 0.25) is 0 Å². The van der Waals surface area contributed by atoms with Crippen molar-refractivity contribution in [2.45, 2.75) is 32.7 Å². The van der Waals surface area contributed by atoms with E-state index in [1.54, 1.807) is 6.92 Å². The van der Waals surface area contributed by atoms with Gasteiger partial charge in [0, 0.05) is 13.2 Å². The zero-order valence-electron chi connectivity index (χ0n) is 7.46. The fourth-order valence-electron chi connectivity index (χ4n) is 0.710. The molecule has 0 bridgehead atoms. The van der Waals surface area contributed by atoms with Gasteiger partial charge in [-0.05, 0) is 20.8 Å². The van der Waals surface area contributed by atoms with Crippen molar-refractivity contribution in [3.63, 3.8) is 0 Å². The predicted octanol–water partition coefficient (Wildman–Crippen LogP) is 0.0191. The van der Waals surface area contributed by atoms with Crippen molar-refractivity contribution in [1.82, 2.24) is 0 Å². The standard InChI is InChI=1S/C7H18N2O2/c1-4-10-6(11-5-2)7(3,8)9/h6H,4-5,8-9H2,1-3H3. The van der Waals surface area contributed by atoms with Crippen molar-refractivity contribution < 1.29 is 9.47 Å². The lowest BCUT2D eigenvalue weighted by molar-refractivity contribution is -0.170. The van der Waals surface area contributed by atoms with Crippen LogP contribution in [0.2, 0.25) is 0 Å². The van der Waals surface area contributed by atoms with E-state index in [4.69, 9.17) is 20.9 Å². The van der Waals surface area contributed by atoms with Crippen LogP contribution in [0.3, 0.4) is 0 Å². The van der Waals surface area contributed by atoms with Gasteiger partial charge in [0.1, 0.15) is 5.66 Å². The summed E-state index contributed by atoms with van der Waals surface area (Å²) in [4.78, 5) is 0. The Hall–Kier alpha value is -0.160. The van der Waals surface area contributed by atoms with E-state index < -0.39 is 12.0 Å². The summed E-state index contributed by atoms with van der Waals surface area (Å²) >= 11 is 0. The van der Waals surface area contributed by atoms with Gasteiger partial charge >= 0.3 is 0 Å². The van der Waals surface area contributed by atoms with Crippen LogP contribution in [0.4, 0.5) is 0 Å². The van der Waals surface area contributed by atoms with E-state index in [-0.39, 0.29) is 0 Å². The summed E-state index contributed by atoms with van der Waals surface area (Å²) in [5.74, 6) is 0. The molecule has 0 atom stereocenters. The number of hydrogen-bond acceptors (Lipinski definition) is 4. The van der Waals surface area contributed by atoms with Gasteiger partial charge in [0.25, 0.3) is 0 Å². The van der Waals surface area contributed by atoms with E-state index in [1.807, 2.05) is 13.8 Å². The molecular formula is C7H18N2O2. The smallest absolute Gasteiger partial charge is 0.188 e. The molecule has 0 spiro atoms.